The van der Waals surface area contributed by atoms with Crippen LogP contribution in [0, 0.1) is 0 Å². The Balaban J connectivity index is 2.36. The van der Waals surface area contributed by atoms with Gasteiger partial charge in [-0.05, 0) is 35.5 Å². The van der Waals surface area contributed by atoms with Gasteiger partial charge in [-0.3, -0.25) is 0 Å². The Morgan fingerprint density at radius 3 is 2.82 bits per heavy atom. The first-order chi connectivity index (χ1) is 8.05. The Bertz CT molecular complexity index is 507. The molecule has 4 heteroatoms. The van der Waals surface area contributed by atoms with Crippen LogP contribution in [0.2, 0.25) is 0 Å². The van der Waals surface area contributed by atoms with Gasteiger partial charge in [-0.2, -0.15) is 0 Å². The van der Waals surface area contributed by atoms with Gasteiger partial charge >= 0.3 is 0 Å². The molecule has 0 saturated heterocycles. The molecule has 17 heavy (non-hydrogen) atoms. The monoisotopic (exact) mass is 223 g/mol. The van der Waals surface area contributed by atoms with E-state index in [0.29, 0.717) is 6.44 Å². The summed E-state index contributed by atoms with van der Waals surface area (Å²) in [5.41, 5.74) is 1.81. The van der Waals surface area contributed by atoms with Crippen LogP contribution in [0.15, 0.2) is 34.9 Å². The highest BCUT2D eigenvalue weighted by molar-refractivity contribution is 6.14. The highest BCUT2D eigenvalue weighted by Gasteiger charge is 2.27. The topological polar surface area (TPSA) is 25.2 Å². The van der Waals surface area contributed by atoms with Crippen molar-refractivity contribution in [2.24, 2.45) is 0 Å². The van der Waals surface area contributed by atoms with Crippen molar-refractivity contribution in [3.63, 3.8) is 0 Å². The zero-order valence-electron chi connectivity index (χ0n) is 10.2. The van der Waals surface area contributed by atoms with Gasteiger partial charge in [0.15, 0.2) is 0 Å². The van der Waals surface area contributed by atoms with E-state index in [1.54, 1.807) is 6.26 Å². The molecule has 2 nitrogen and oxygen atoms in total. The van der Waals surface area contributed by atoms with Gasteiger partial charge in [0.05, 0.1) is 22.0 Å². The second-order valence-corrected chi connectivity index (χ2v) is 4.78. The second-order valence-electron chi connectivity index (χ2n) is 4.78. The molecule has 1 atom stereocenters. The molecule has 0 bridgehead atoms. The van der Waals surface area contributed by atoms with E-state index in [0.717, 1.165) is 16.5 Å². The van der Waals surface area contributed by atoms with Crippen LogP contribution in [-0.4, -0.2) is 28.1 Å². The maximum absolute atomic E-state index is 6.09. The lowest BCUT2D eigenvalue weighted by Crippen LogP contribution is -2.45. The van der Waals surface area contributed by atoms with Crippen molar-refractivity contribution in [2.75, 3.05) is 6.44 Å². The summed E-state index contributed by atoms with van der Waals surface area (Å²) >= 11 is 0. The highest BCUT2D eigenvalue weighted by atomic mass is 16.3. The zero-order chi connectivity index (χ0) is 12.5. The highest BCUT2D eigenvalue weighted by Crippen LogP contribution is 2.29. The van der Waals surface area contributed by atoms with E-state index in [1.807, 2.05) is 18.2 Å². The molecule has 0 spiro atoms. The van der Waals surface area contributed by atoms with Gasteiger partial charge in [0.25, 0.3) is 0 Å². The molecular formula is C13H15B2NO. The Morgan fingerprint density at radius 2 is 2.12 bits per heavy atom. The number of fused-ring (bicyclic) bond motifs is 1. The fraction of sp³-hybridized carbons (Fsp3) is 0.385. The summed E-state index contributed by atoms with van der Waals surface area (Å²) in [6.45, 7) is 4.18. The van der Waals surface area contributed by atoms with E-state index in [1.165, 1.54) is 0 Å². The quantitative estimate of drug-likeness (QED) is 0.800. The summed E-state index contributed by atoms with van der Waals surface area (Å²) in [4.78, 5) is 0. The molecule has 0 aliphatic heterocycles. The third kappa shape index (κ3) is 2.27. The van der Waals surface area contributed by atoms with Crippen molar-refractivity contribution in [1.29, 1.82) is 0 Å². The van der Waals surface area contributed by atoms with Gasteiger partial charge in [-0.1, -0.05) is 26.0 Å². The van der Waals surface area contributed by atoms with Crippen LogP contribution in [0.5, 0.6) is 0 Å². The molecule has 0 amide bonds. The standard InChI is InChI=1S/C13H15B2NO/c1-13(2,12(15)16-8-14)10-4-3-9-5-6-17-11(9)7-10/h3-7,12,16H,8H2,1-2H3. The van der Waals surface area contributed by atoms with Crippen LogP contribution in [0.3, 0.4) is 0 Å². The van der Waals surface area contributed by atoms with Crippen molar-refractivity contribution in [3.05, 3.63) is 36.1 Å². The molecule has 1 unspecified atom stereocenters. The van der Waals surface area contributed by atoms with E-state index in [2.05, 4.69) is 25.2 Å². The molecule has 0 aliphatic carbocycles. The molecule has 1 aromatic carbocycles. The van der Waals surface area contributed by atoms with Crippen LogP contribution in [-0.2, 0) is 5.41 Å². The fourth-order valence-corrected chi connectivity index (χ4v) is 1.92. The van der Waals surface area contributed by atoms with Gasteiger partial charge in [0.1, 0.15) is 5.58 Å². The Morgan fingerprint density at radius 1 is 1.35 bits per heavy atom. The first-order valence-electron chi connectivity index (χ1n) is 5.72. The molecule has 1 N–H and O–H groups in total. The van der Waals surface area contributed by atoms with Crippen LogP contribution in [0.25, 0.3) is 11.0 Å². The first-order valence-corrected chi connectivity index (χ1v) is 5.72. The maximum Gasteiger partial charge on any atom is 0.134 e. The van der Waals surface area contributed by atoms with E-state index in [9.17, 15) is 0 Å². The molecular weight excluding hydrogens is 208 g/mol. The number of hydrogen-bond donors (Lipinski definition) is 1. The number of hydrogen-bond acceptors (Lipinski definition) is 2. The minimum Gasteiger partial charge on any atom is -0.464 e. The molecule has 84 valence electrons. The average molecular weight is 223 g/mol. The minimum atomic E-state index is -0.208. The molecule has 1 heterocycles. The molecule has 2 aromatic rings. The lowest BCUT2D eigenvalue weighted by molar-refractivity contribution is 0.446. The van der Waals surface area contributed by atoms with E-state index in [-0.39, 0.29) is 11.4 Å². The SMILES string of the molecule is [B]CNC([B])C(C)(C)c1ccc2ccoc2c1. The van der Waals surface area contributed by atoms with Gasteiger partial charge in [-0.15, -0.1) is 0 Å². The van der Waals surface area contributed by atoms with Crippen molar-refractivity contribution in [3.8, 4) is 0 Å². The normalized spacial score (nSPS) is 14.0. The van der Waals surface area contributed by atoms with Gasteiger partial charge < -0.3 is 9.73 Å². The van der Waals surface area contributed by atoms with Crippen LogP contribution in [0.4, 0.5) is 0 Å². The van der Waals surface area contributed by atoms with Gasteiger partial charge in [0, 0.05) is 5.39 Å². The summed E-state index contributed by atoms with van der Waals surface area (Å²) < 4.78 is 5.41. The van der Waals surface area contributed by atoms with Crippen molar-refractivity contribution in [1.82, 2.24) is 5.32 Å². The number of nitrogens with one attached hydrogen (secondary N) is 1. The Hall–Kier alpha value is -1.15. The molecule has 0 saturated carbocycles. The molecule has 0 aliphatic rings. The van der Waals surface area contributed by atoms with Gasteiger partial charge in [0.2, 0.25) is 0 Å². The predicted octanol–water partition coefficient (Wildman–Crippen LogP) is 1.92. The third-order valence-electron chi connectivity index (χ3n) is 3.32. The molecule has 4 radical (unpaired) electrons. The number of benzene rings is 1. The largest absolute Gasteiger partial charge is 0.464 e. The smallest absolute Gasteiger partial charge is 0.134 e. The molecule has 1 aromatic heterocycles. The summed E-state index contributed by atoms with van der Waals surface area (Å²) in [5.74, 6) is -0.195. The van der Waals surface area contributed by atoms with Crippen LogP contribution < -0.4 is 5.32 Å². The van der Waals surface area contributed by atoms with E-state index >= 15 is 0 Å². The first kappa shape index (κ1) is 12.3. The predicted molar refractivity (Wildman–Crippen MR) is 72.5 cm³/mol. The van der Waals surface area contributed by atoms with Crippen molar-refractivity contribution in [2.45, 2.75) is 25.2 Å². The average Bonchev–Trinajstić information content (AvgIpc) is 2.76. The molecule has 0 fully saturated rings. The Kier molecular flexibility index (Phi) is 3.34. The lowest BCUT2D eigenvalue weighted by atomic mass is 9.68. The number of rotatable bonds is 4. The summed E-state index contributed by atoms with van der Waals surface area (Å²) in [6, 6.07) is 8.11. The van der Waals surface area contributed by atoms with Crippen molar-refractivity contribution >= 4 is 26.7 Å². The maximum atomic E-state index is 6.09. The fourth-order valence-electron chi connectivity index (χ4n) is 1.92. The van der Waals surface area contributed by atoms with Crippen molar-refractivity contribution < 1.29 is 4.42 Å². The van der Waals surface area contributed by atoms with E-state index < -0.39 is 0 Å². The third-order valence-corrected chi connectivity index (χ3v) is 3.32. The summed E-state index contributed by atoms with van der Waals surface area (Å²) in [7, 11) is 11.6. The minimum absolute atomic E-state index is 0.195. The van der Waals surface area contributed by atoms with Gasteiger partial charge in [-0.25, -0.2) is 0 Å². The van der Waals surface area contributed by atoms with Crippen LogP contribution in [0.1, 0.15) is 19.4 Å². The molecule has 2 rings (SSSR count). The zero-order valence-corrected chi connectivity index (χ0v) is 10.2. The summed E-state index contributed by atoms with van der Waals surface area (Å²) in [5, 5.41) is 4.15. The number of furan rings is 1. The second kappa shape index (κ2) is 4.61. The summed E-state index contributed by atoms with van der Waals surface area (Å²) in [6.07, 6.45) is 2.06. The lowest BCUT2D eigenvalue weighted by Gasteiger charge is -2.33. The van der Waals surface area contributed by atoms with Crippen LogP contribution >= 0.6 is 0 Å². The Labute approximate surface area is 105 Å². The van der Waals surface area contributed by atoms with E-state index in [4.69, 9.17) is 20.1 Å².